The fraction of sp³-hybridized carbons (Fsp3) is 0.333. The van der Waals surface area contributed by atoms with E-state index in [0.717, 1.165) is 17.1 Å². The molecule has 0 saturated heterocycles. The van der Waals surface area contributed by atoms with Gasteiger partial charge in [-0.1, -0.05) is 49.2 Å². The van der Waals surface area contributed by atoms with E-state index in [1.54, 1.807) is 38.1 Å². The van der Waals surface area contributed by atoms with Crippen molar-refractivity contribution < 1.29 is 27.1 Å². The van der Waals surface area contributed by atoms with E-state index in [-0.39, 0.29) is 35.4 Å². The number of benzene rings is 3. The predicted octanol–water partition coefficient (Wildman–Crippen LogP) is 5.41. The summed E-state index contributed by atoms with van der Waals surface area (Å²) >= 11 is 6.00. The van der Waals surface area contributed by atoms with Crippen LogP contribution < -0.4 is 14.4 Å². The van der Waals surface area contributed by atoms with Crippen molar-refractivity contribution in [1.29, 1.82) is 0 Å². The van der Waals surface area contributed by atoms with Gasteiger partial charge >= 0.3 is 0 Å². The standard InChI is InChI=1S/C30H35ClFN3O5S/c1-4-6-19-33-30(37)22(3)34(20-23-11-15-25(32)16-12-23)29(36)21-35(27-9-7-8-10-28(27)40-5-2)41(38,39)26-17-13-24(31)14-18-26/h7-18,22H,4-6,19-21H2,1-3H3,(H,33,37). The molecule has 2 amide bonds. The number of halogens is 2. The highest BCUT2D eigenvalue weighted by Gasteiger charge is 2.33. The lowest BCUT2D eigenvalue weighted by atomic mass is 10.1. The molecule has 220 valence electrons. The zero-order chi connectivity index (χ0) is 30.0. The average Bonchev–Trinajstić information content (AvgIpc) is 2.96. The maximum absolute atomic E-state index is 14.0. The number of nitrogens with one attached hydrogen (secondary N) is 1. The summed E-state index contributed by atoms with van der Waals surface area (Å²) < 4.78 is 48.2. The summed E-state index contributed by atoms with van der Waals surface area (Å²) in [6, 6.07) is 16.8. The van der Waals surface area contributed by atoms with E-state index < -0.39 is 34.3 Å². The molecule has 41 heavy (non-hydrogen) atoms. The highest BCUT2D eigenvalue weighted by molar-refractivity contribution is 7.92. The number of carbonyl (C=O) groups is 2. The summed E-state index contributed by atoms with van der Waals surface area (Å²) in [5.74, 6) is -1.17. The maximum atomic E-state index is 14.0. The summed E-state index contributed by atoms with van der Waals surface area (Å²) in [5.41, 5.74) is 0.745. The molecule has 0 aliphatic heterocycles. The third-order valence-corrected chi connectivity index (χ3v) is 8.40. The lowest BCUT2D eigenvalue weighted by Gasteiger charge is -2.32. The Morgan fingerprint density at radius 2 is 1.66 bits per heavy atom. The Morgan fingerprint density at radius 3 is 2.29 bits per heavy atom. The number of unbranched alkanes of at least 4 members (excludes halogenated alkanes) is 1. The van der Waals surface area contributed by atoms with Gasteiger partial charge in [0, 0.05) is 18.1 Å². The average molecular weight is 604 g/mol. The van der Waals surface area contributed by atoms with Crippen LogP contribution in [0, 0.1) is 5.82 Å². The van der Waals surface area contributed by atoms with Crippen LogP contribution >= 0.6 is 11.6 Å². The molecular weight excluding hydrogens is 569 g/mol. The first kappa shape index (κ1) is 31.9. The van der Waals surface area contributed by atoms with Gasteiger partial charge in [0.05, 0.1) is 17.2 Å². The predicted molar refractivity (Wildman–Crippen MR) is 158 cm³/mol. The topological polar surface area (TPSA) is 96.0 Å². The van der Waals surface area contributed by atoms with Crippen LogP contribution in [0.3, 0.4) is 0 Å². The van der Waals surface area contributed by atoms with E-state index in [2.05, 4.69) is 5.32 Å². The molecule has 1 unspecified atom stereocenters. The monoisotopic (exact) mass is 603 g/mol. The molecule has 11 heteroatoms. The van der Waals surface area contributed by atoms with Crippen molar-refractivity contribution in [3.8, 4) is 5.75 Å². The first-order valence-electron chi connectivity index (χ1n) is 13.4. The molecule has 0 aliphatic rings. The molecule has 0 spiro atoms. The Labute approximate surface area is 246 Å². The van der Waals surface area contributed by atoms with Crippen molar-refractivity contribution in [2.24, 2.45) is 0 Å². The van der Waals surface area contributed by atoms with Crippen LogP contribution in [0.2, 0.25) is 5.02 Å². The summed E-state index contributed by atoms with van der Waals surface area (Å²) in [6.45, 7) is 5.39. The number of para-hydroxylation sites is 2. The van der Waals surface area contributed by atoms with Gasteiger partial charge in [0.15, 0.2) is 0 Å². The normalized spacial score (nSPS) is 11.9. The Balaban J connectivity index is 2.04. The SMILES string of the molecule is CCCCNC(=O)C(C)N(Cc1ccc(F)cc1)C(=O)CN(c1ccccc1OCC)S(=O)(=O)c1ccc(Cl)cc1. The number of hydrogen-bond acceptors (Lipinski definition) is 5. The molecule has 8 nitrogen and oxygen atoms in total. The molecular formula is C30H35ClFN3O5S. The van der Waals surface area contributed by atoms with E-state index in [0.29, 0.717) is 17.1 Å². The van der Waals surface area contributed by atoms with Gasteiger partial charge < -0.3 is 15.0 Å². The largest absolute Gasteiger partial charge is 0.492 e. The molecule has 1 N–H and O–H groups in total. The van der Waals surface area contributed by atoms with Gasteiger partial charge in [0.1, 0.15) is 24.2 Å². The molecule has 3 rings (SSSR count). The van der Waals surface area contributed by atoms with Crippen LogP contribution in [0.4, 0.5) is 10.1 Å². The van der Waals surface area contributed by atoms with Gasteiger partial charge in [-0.15, -0.1) is 0 Å². The molecule has 0 bridgehead atoms. The quantitative estimate of drug-likeness (QED) is 0.249. The second-order valence-corrected chi connectivity index (χ2v) is 11.6. The second kappa shape index (κ2) is 14.8. The molecule has 0 aromatic heterocycles. The summed E-state index contributed by atoms with van der Waals surface area (Å²) in [5, 5.41) is 3.18. The van der Waals surface area contributed by atoms with E-state index in [9.17, 15) is 22.4 Å². The van der Waals surface area contributed by atoms with Gasteiger partial charge in [0.2, 0.25) is 11.8 Å². The van der Waals surface area contributed by atoms with Crippen molar-refractivity contribution in [1.82, 2.24) is 10.2 Å². The summed E-state index contributed by atoms with van der Waals surface area (Å²) in [6.07, 6.45) is 1.65. The Kier molecular flexibility index (Phi) is 11.5. The Hall–Kier alpha value is -3.63. The van der Waals surface area contributed by atoms with Crippen molar-refractivity contribution in [3.63, 3.8) is 0 Å². The minimum absolute atomic E-state index is 0.0383. The second-order valence-electron chi connectivity index (χ2n) is 9.33. The van der Waals surface area contributed by atoms with Gasteiger partial charge in [-0.3, -0.25) is 13.9 Å². The number of ether oxygens (including phenoxy) is 1. The van der Waals surface area contributed by atoms with E-state index in [1.807, 2.05) is 6.92 Å². The molecule has 0 radical (unpaired) electrons. The lowest BCUT2D eigenvalue weighted by Crippen LogP contribution is -2.51. The van der Waals surface area contributed by atoms with E-state index in [1.165, 1.54) is 53.4 Å². The van der Waals surface area contributed by atoms with Gasteiger partial charge in [-0.05, 0) is 74.4 Å². The van der Waals surface area contributed by atoms with Crippen molar-refractivity contribution in [3.05, 3.63) is 89.2 Å². The van der Waals surface area contributed by atoms with Gasteiger partial charge in [-0.2, -0.15) is 0 Å². The number of sulfonamides is 1. The van der Waals surface area contributed by atoms with Gasteiger partial charge in [0.25, 0.3) is 10.0 Å². The fourth-order valence-electron chi connectivity index (χ4n) is 4.09. The first-order chi connectivity index (χ1) is 19.6. The molecule has 0 heterocycles. The third-order valence-electron chi connectivity index (χ3n) is 6.38. The van der Waals surface area contributed by atoms with Crippen molar-refractivity contribution in [2.45, 2.75) is 51.1 Å². The van der Waals surface area contributed by atoms with Gasteiger partial charge in [-0.25, -0.2) is 12.8 Å². The summed E-state index contributed by atoms with van der Waals surface area (Å²) in [4.78, 5) is 28.2. The van der Waals surface area contributed by atoms with Crippen molar-refractivity contribution in [2.75, 3.05) is 24.0 Å². The highest BCUT2D eigenvalue weighted by Crippen LogP contribution is 2.33. The Morgan fingerprint density at radius 1 is 1.00 bits per heavy atom. The first-order valence-corrected chi connectivity index (χ1v) is 15.2. The highest BCUT2D eigenvalue weighted by atomic mass is 35.5. The minimum atomic E-state index is -4.29. The number of hydrogen-bond donors (Lipinski definition) is 1. The van der Waals surface area contributed by atoms with Crippen LogP contribution in [-0.2, 0) is 26.2 Å². The molecule has 0 saturated carbocycles. The third kappa shape index (κ3) is 8.43. The van der Waals surface area contributed by atoms with Crippen LogP contribution in [0.25, 0.3) is 0 Å². The lowest BCUT2D eigenvalue weighted by molar-refractivity contribution is -0.139. The smallest absolute Gasteiger partial charge is 0.264 e. The number of carbonyl (C=O) groups excluding carboxylic acids is 2. The Bertz CT molecular complexity index is 1420. The zero-order valence-corrected chi connectivity index (χ0v) is 24.9. The number of anilines is 1. The van der Waals surface area contributed by atoms with Crippen LogP contribution in [-0.4, -0.2) is 50.9 Å². The van der Waals surface area contributed by atoms with Crippen LogP contribution in [0.5, 0.6) is 5.75 Å². The summed E-state index contributed by atoms with van der Waals surface area (Å²) in [7, 11) is -4.29. The van der Waals surface area contributed by atoms with Crippen LogP contribution in [0.15, 0.2) is 77.7 Å². The molecule has 1 atom stereocenters. The number of nitrogens with zero attached hydrogens (tertiary/aromatic N) is 2. The van der Waals surface area contributed by atoms with E-state index in [4.69, 9.17) is 16.3 Å². The molecule has 3 aromatic carbocycles. The number of amides is 2. The minimum Gasteiger partial charge on any atom is -0.492 e. The van der Waals surface area contributed by atoms with E-state index >= 15 is 0 Å². The molecule has 3 aromatic rings. The zero-order valence-electron chi connectivity index (χ0n) is 23.3. The number of rotatable bonds is 14. The van der Waals surface area contributed by atoms with Crippen LogP contribution in [0.1, 0.15) is 39.2 Å². The van der Waals surface area contributed by atoms with Crippen molar-refractivity contribution >= 4 is 39.1 Å². The maximum Gasteiger partial charge on any atom is 0.264 e. The molecule has 0 fully saturated rings. The molecule has 0 aliphatic carbocycles. The fourth-order valence-corrected chi connectivity index (χ4v) is 5.64.